The minimum Gasteiger partial charge on any atom is -0.450 e. The maximum atomic E-state index is 12.1. The number of anilines is 1. The number of benzene rings is 1. The standard InChI is InChI=1S/C19H22N2O4S2/c1-3-25-19(24)21-17(23)15-10-12-27-18(15)20-16(22)5-4-11-26-14-8-6-13(2)7-9-14/h6-10,12H,3-5,11H2,1-2H3,(H,20,22)(H,21,23,24). The Kier molecular flexibility index (Phi) is 8.35. The molecule has 1 aromatic carbocycles. The first-order valence-electron chi connectivity index (χ1n) is 8.54. The Balaban J connectivity index is 1.77. The van der Waals surface area contributed by atoms with E-state index in [4.69, 9.17) is 0 Å². The van der Waals surface area contributed by atoms with Gasteiger partial charge in [-0.3, -0.25) is 14.9 Å². The molecule has 0 saturated carbocycles. The van der Waals surface area contributed by atoms with Gasteiger partial charge in [-0.2, -0.15) is 0 Å². The Morgan fingerprint density at radius 1 is 1.15 bits per heavy atom. The molecule has 1 aromatic heterocycles. The third kappa shape index (κ3) is 7.07. The average Bonchev–Trinajstić information content (AvgIpc) is 3.08. The molecule has 0 unspecified atom stereocenters. The van der Waals surface area contributed by atoms with Crippen LogP contribution < -0.4 is 10.6 Å². The molecule has 2 N–H and O–H groups in total. The first-order valence-corrected chi connectivity index (χ1v) is 10.4. The summed E-state index contributed by atoms with van der Waals surface area (Å²) in [5, 5.41) is 6.97. The molecular weight excluding hydrogens is 384 g/mol. The smallest absolute Gasteiger partial charge is 0.414 e. The van der Waals surface area contributed by atoms with Crippen molar-refractivity contribution < 1.29 is 19.1 Å². The third-order valence-corrected chi connectivity index (χ3v) is 5.42. The molecule has 0 fully saturated rings. The van der Waals surface area contributed by atoms with Gasteiger partial charge in [-0.1, -0.05) is 17.7 Å². The van der Waals surface area contributed by atoms with Crippen LogP contribution in [0, 0.1) is 6.92 Å². The predicted molar refractivity (Wildman–Crippen MR) is 109 cm³/mol. The van der Waals surface area contributed by atoms with Crippen LogP contribution in [-0.2, 0) is 9.53 Å². The van der Waals surface area contributed by atoms with Gasteiger partial charge >= 0.3 is 6.09 Å². The van der Waals surface area contributed by atoms with E-state index in [9.17, 15) is 14.4 Å². The monoisotopic (exact) mass is 406 g/mol. The molecule has 0 aliphatic heterocycles. The summed E-state index contributed by atoms with van der Waals surface area (Å²) in [5.74, 6) is 0.0731. The lowest BCUT2D eigenvalue weighted by Gasteiger charge is -2.07. The average molecular weight is 407 g/mol. The highest BCUT2D eigenvalue weighted by atomic mass is 32.2. The molecular formula is C19H22N2O4S2. The van der Waals surface area contributed by atoms with Crippen molar-refractivity contribution in [2.75, 3.05) is 17.7 Å². The van der Waals surface area contributed by atoms with Crippen molar-refractivity contribution in [2.24, 2.45) is 0 Å². The highest BCUT2D eigenvalue weighted by Crippen LogP contribution is 2.24. The van der Waals surface area contributed by atoms with Crippen molar-refractivity contribution in [3.05, 3.63) is 46.8 Å². The third-order valence-electron chi connectivity index (χ3n) is 3.49. The number of imide groups is 1. The minimum atomic E-state index is -0.806. The first-order chi connectivity index (χ1) is 13.0. The van der Waals surface area contributed by atoms with Gasteiger partial charge in [0.05, 0.1) is 12.2 Å². The maximum absolute atomic E-state index is 12.1. The summed E-state index contributed by atoms with van der Waals surface area (Å²) in [6, 6.07) is 9.83. The summed E-state index contributed by atoms with van der Waals surface area (Å²) in [4.78, 5) is 36.7. The lowest BCUT2D eigenvalue weighted by molar-refractivity contribution is -0.116. The van der Waals surface area contributed by atoms with Gasteiger partial charge in [-0.25, -0.2) is 4.79 Å². The second-order valence-electron chi connectivity index (χ2n) is 5.65. The van der Waals surface area contributed by atoms with Crippen molar-refractivity contribution in [3.63, 3.8) is 0 Å². The molecule has 0 spiro atoms. The molecule has 0 aliphatic rings. The van der Waals surface area contributed by atoms with Crippen LogP contribution in [0.2, 0.25) is 0 Å². The second-order valence-corrected chi connectivity index (χ2v) is 7.74. The van der Waals surface area contributed by atoms with Crippen molar-refractivity contribution >= 4 is 46.0 Å². The van der Waals surface area contributed by atoms with Gasteiger partial charge in [-0.15, -0.1) is 23.1 Å². The van der Waals surface area contributed by atoms with Crippen molar-refractivity contribution in [3.8, 4) is 0 Å². The number of thioether (sulfide) groups is 1. The summed E-state index contributed by atoms with van der Waals surface area (Å²) in [6.45, 7) is 3.87. The van der Waals surface area contributed by atoms with E-state index in [1.807, 2.05) is 6.92 Å². The molecule has 0 bridgehead atoms. The van der Waals surface area contributed by atoms with E-state index in [1.54, 1.807) is 30.1 Å². The van der Waals surface area contributed by atoms with Crippen LogP contribution in [0.4, 0.5) is 9.80 Å². The van der Waals surface area contributed by atoms with Crippen LogP contribution in [0.25, 0.3) is 0 Å². The highest BCUT2D eigenvalue weighted by molar-refractivity contribution is 7.99. The van der Waals surface area contributed by atoms with Crippen LogP contribution in [0.15, 0.2) is 40.6 Å². The van der Waals surface area contributed by atoms with E-state index in [-0.39, 0.29) is 18.1 Å². The number of nitrogens with one attached hydrogen (secondary N) is 2. The van der Waals surface area contributed by atoms with E-state index in [2.05, 4.69) is 39.6 Å². The number of aryl methyl sites for hydroxylation is 1. The van der Waals surface area contributed by atoms with Gasteiger partial charge < -0.3 is 10.1 Å². The number of ether oxygens (including phenoxy) is 1. The summed E-state index contributed by atoms with van der Waals surface area (Å²) >= 11 is 2.94. The SMILES string of the molecule is CCOC(=O)NC(=O)c1ccsc1NC(=O)CCCSc1ccc(C)cc1. The molecule has 6 nitrogen and oxygen atoms in total. The van der Waals surface area contributed by atoms with E-state index < -0.39 is 12.0 Å². The molecule has 0 aliphatic carbocycles. The zero-order valence-corrected chi connectivity index (χ0v) is 16.9. The first kappa shape index (κ1) is 21.0. The van der Waals surface area contributed by atoms with Crippen molar-refractivity contribution in [1.82, 2.24) is 5.32 Å². The zero-order valence-electron chi connectivity index (χ0n) is 15.2. The second kappa shape index (κ2) is 10.7. The number of amides is 3. The lowest BCUT2D eigenvalue weighted by atomic mass is 10.2. The zero-order chi connectivity index (χ0) is 19.6. The predicted octanol–water partition coefficient (Wildman–Crippen LogP) is 4.45. The fourth-order valence-corrected chi connectivity index (χ4v) is 3.81. The Bertz CT molecular complexity index is 787. The molecule has 3 amide bonds. The van der Waals surface area contributed by atoms with Crippen LogP contribution in [-0.4, -0.2) is 30.3 Å². The van der Waals surface area contributed by atoms with Gasteiger partial charge in [0.2, 0.25) is 5.91 Å². The molecule has 0 atom stereocenters. The molecule has 2 aromatic rings. The van der Waals surface area contributed by atoms with Gasteiger partial charge in [0.1, 0.15) is 5.00 Å². The number of carbonyl (C=O) groups excluding carboxylic acids is 3. The molecule has 1 heterocycles. The fraction of sp³-hybridized carbons (Fsp3) is 0.316. The fourth-order valence-electron chi connectivity index (χ4n) is 2.16. The number of alkyl carbamates (subject to hydrolysis) is 1. The number of hydrogen-bond acceptors (Lipinski definition) is 6. The molecule has 0 saturated heterocycles. The molecule has 144 valence electrons. The lowest BCUT2D eigenvalue weighted by Crippen LogP contribution is -2.31. The minimum absolute atomic E-state index is 0.160. The topological polar surface area (TPSA) is 84.5 Å². The van der Waals surface area contributed by atoms with Crippen LogP contribution in [0.5, 0.6) is 0 Å². The quantitative estimate of drug-likeness (QED) is 0.500. The van der Waals surface area contributed by atoms with Gasteiger partial charge in [0.25, 0.3) is 5.91 Å². The van der Waals surface area contributed by atoms with Gasteiger partial charge in [0, 0.05) is 11.3 Å². The van der Waals surface area contributed by atoms with Gasteiger partial charge in [-0.05, 0) is 49.6 Å². The summed E-state index contributed by atoms with van der Waals surface area (Å²) in [6.07, 6.45) is 0.273. The molecule has 8 heteroatoms. The van der Waals surface area contributed by atoms with Crippen LogP contribution in [0.1, 0.15) is 35.7 Å². The summed E-state index contributed by atoms with van der Waals surface area (Å²) < 4.78 is 4.68. The number of hydrogen-bond donors (Lipinski definition) is 2. The molecule has 0 radical (unpaired) electrons. The Labute approximate surface area is 166 Å². The number of thiophene rings is 1. The number of rotatable bonds is 8. The molecule has 2 rings (SSSR count). The summed E-state index contributed by atoms with van der Waals surface area (Å²) in [7, 11) is 0. The van der Waals surface area contributed by atoms with Crippen LogP contribution in [0.3, 0.4) is 0 Å². The van der Waals surface area contributed by atoms with E-state index in [0.717, 1.165) is 12.2 Å². The largest absolute Gasteiger partial charge is 0.450 e. The van der Waals surface area contributed by atoms with E-state index in [0.29, 0.717) is 11.4 Å². The Morgan fingerprint density at radius 3 is 2.59 bits per heavy atom. The van der Waals surface area contributed by atoms with Gasteiger partial charge in [0.15, 0.2) is 0 Å². The number of carbonyl (C=O) groups is 3. The van der Waals surface area contributed by atoms with Crippen LogP contribution >= 0.6 is 23.1 Å². The Hall–Kier alpha value is -2.32. The van der Waals surface area contributed by atoms with Crippen molar-refractivity contribution in [2.45, 2.75) is 31.6 Å². The summed E-state index contributed by atoms with van der Waals surface area (Å²) in [5.41, 5.74) is 1.47. The van der Waals surface area contributed by atoms with E-state index in [1.165, 1.54) is 21.8 Å². The maximum Gasteiger partial charge on any atom is 0.414 e. The van der Waals surface area contributed by atoms with Crippen molar-refractivity contribution in [1.29, 1.82) is 0 Å². The normalized spacial score (nSPS) is 10.3. The highest BCUT2D eigenvalue weighted by Gasteiger charge is 2.17. The Morgan fingerprint density at radius 2 is 1.89 bits per heavy atom. The van der Waals surface area contributed by atoms with E-state index >= 15 is 0 Å². The molecule has 27 heavy (non-hydrogen) atoms.